The van der Waals surface area contributed by atoms with E-state index in [9.17, 15) is 9.90 Å². The molecule has 0 saturated heterocycles. The standard InChI is InChI=1S/C24H37N5O3/c1-18-8-5-6-9-21(18)14-27(4)15-23-19(2)13-28(20(3)16-30)24(31)10-7-11-29-22(17-32-23)12-25-26-29/h5-6,8-9,12,19-20,23,30H,7,10-11,13-17H2,1-4H3/t19-,20-,23+/m0/s1. The number of benzene rings is 1. The topological polar surface area (TPSA) is 83.7 Å². The molecule has 0 aliphatic carbocycles. The molecule has 1 aliphatic rings. The van der Waals surface area contributed by atoms with E-state index in [2.05, 4.69) is 60.4 Å². The maximum atomic E-state index is 13.0. The summed E-state index contributed by atoms with van der Waals surface area (Å²) in [6.45, 7) is 9.27. The van der Waals surface area contributed by atoms with Crippen molar-refractivity contribution < 1.29 is 14.6 Å². The number of amides is 1. The van der Waals surface area contributed by atoms with Crippen LogP contribution in [0.25, 0.3) is 0 Å². The molecular formula is C24H37N5O3. The van der Waals surface area contributed by atoms with Crippen LogP contribution in [0.4, 0.5) is 0 Å². The Labute approximate surface area is 191 Å². The number of carbonyl (C=O) groups is 1. The highest BCUT2D eigenvalue weighted by atomic mass is 16.5. The van der Waals surface area contributed by atoms with E-state index in [1.165, 1.54) is 11.1 Å². The quantitative estimate of drug-likeness (QED) is 0.737. The third-order valence-corrected chi connectivity index (χ3v) is 6.33. The van der Waals surface area contributed by atoms with Crippen molar-refractivity contribution in [3.8, 4) is 0 Å². The monoisotopic (exact) mass is 443 g/mol. The van der Waals surface area contributed by atoms with Crippen LogP contribution in [0.2, 0.25) is 0 Å². The van der Waals surface area contributed by atoms with Crippen LogP contribution in [0.5, 0.6) is 0 Å². The smallest absolute Gasteiger partial charge is 0.222 e. The van der Waals surface area contributed by atoms with Gasteiger partial charge in [-0.3, -0.25) is 9.69 Å². The van der Waals surface area contributed by atoms with Crippen molar-refractivity contribution in [2.24, 2.45) is 5.92 Å². The van der Waals surface area contributed by atoms with E-state index in [1.807, 2.05) is 16.5 Å². The number of aliphatic hydroxyl groups is 1. The summed E-state index contributed by atoms with van der Waals surface area (Å²) in [5.41, 5.74) is 3.50. The highest BCUT2D eigenvalue weighted by molar-refractivity contribution is 5.76. The van der Waals surface area contributed by atoms with Gasteiger partial charge < -0.3 is 14.7 Å². The van der Waals surface area contributed by atoms with Gasteiger partial charge in [-0.15, -0.1) is 5.10 Å². The largest absolute Gasteiger partial charge is 0.394 e. The van der Waals surface area contributed by atoms with Crippen molar-refractivity contribution in [2.45, 2.75) is 65.5 Å². The number of fused-ring (bicyclic) bond motifs is 1. The summed E-state index contributed by atoms with van der Waals surface area (Å²) >= 11 is 0. The van der Waals surface area contributed by atoms with Gasteiger partial charge in [-0.1, -0.05) is 36.4 Å². The number of rotatable bonds is 6. The number of aryl methyl sites for hydroxylation is 2. The highest BCUT2D eigenvalue weighted by Gasteiger charge is 2.28. The number of hydrogen-bond acceptors (Lipinski definition) is 6. The molecule has 176 valence electrons. The zero-order chi connectivity index (χ0) is 23.1. The first-order valence-electron chi connectivity index (χ1n) is 11.5. The Hall–Kier alpha value is -2.29. The normalized spacial score (nSPS) is 21.7. The summed E-state index contributed by atoms with van der Waals surface area (Å²) in [5, 5.41) is 17.9. The molecule has 0 radical (unpaired) electrons. The number of hydrogen-bond donors (Lipinski definition) is 1. The van der Waals surface area contributed by atoms with E-state index in [0.717, 1.165) is 18.8 Å². The Balaban J connectivity index is 1.78. The third kappa shape index (κ3) is 6.37. The number of carbonyl (C=O) groups excluding carboxylic acids is 1. The van der Waals surface area contributed by atoms with E-state index in [-0.39, 0.29) is 30.6 Å². The average Bonchev–Trinajstić information content (AvgIpc) is 3.22. The summed E-state index contributed by atoms with van der Waals surface area (Å²) in [6, 6.07) is 8.19. The number of nitrogens with zero attached hydrogens (tertiary/aromatic N) is 5. The molecule has 32 heavy (non-hydrogen) atoms. The molecule has 3 rings (SSSR count). The molecule has 1 N–H and O–H groups in total. The van der Waals surface area contributed by atoms with Gasteiger partial charge in [0, 0.05) is 38.5 Å². The average molecular weight is 444 g/mol. The van der Waals surface area contributed by atoms with Crippen LogP contribution in [0.1, 0.15) is 43.5 Å². The van der Waals surface area contributed by atoms with Crippen LogP contribution in [0.15, 0.2) is 30.5 Å². The third-order valence-electron chi connectivity index (χ3n) is 6.33. The first-order chi connectivity index (χ1) is 15.4. The fourth-order valence-electron chi connectivity index (χ4n) is 4.20. The van der Waals surface area contributed by atoms with E-state index < -0.39 is 0 Å². The van der Waals surface area contributed by atoms with Crippen LogP contribution >= 0.6 is 0 Å². The van der Waals surface area contributed by atoms with Crippen molar-refractivity contribution in [1.82, 2.24) is 24.8 Å². The maximum Gasteiger partial charge on any atom is 0.222 e. The first kappa shape index (κ1) is 24.4. The zero-order valence-corrected chi connectivity index (χ0v) is 19.8. The molecule has 0 fully saturated rings. The molecule has 1 amide bonds. The minimum atomic E-state index is -0.222. The second-order valence-corrected chi connectivity index (χ2v) is 9.08. The van der Waals surface area contributed by atoms with Gasteiger partial charge in [0.15, 0.2) is 0 Å². The Kier molecular flexibility index (Phi) is 8.78. The van der Waals surface area contributed by atoms with Gasteiger partial charge in [-0.2, -0.15) is 0 Å². The van der Waals surface area contributed by atoms with Gasteiger partial charge in [-0.25, -0.2) is 4.68 Å². The van der Waals surface area contributed by atoms with E-state index in [1.54, 1.807) is 6.20 Å². The lowest BCUT2D eigenvalue weighted by molar-refractivity contribution is -0.136. The molecule has 1 aromatic carbocycles. The van der Waals surface area contributed by atoms with E-state index in [4.69, 9.17) is 4.74 Å². The number of aliphatic hydroxyl groups excluding tert-OH is 1. The van der Waals surface area contributed by atoms with Gasteiger partial charge in [0.05, 0.1) is 37.3 Å². The molecule has 0 bridgehead atoms. The molecule has 2 heterocycles. The first-order valence-corrected chi connectivity index (χ1v) is 11.5. The van der Waals surface area contributed by atoms with Crippen molar-refractivity contribution in [2.75, 3.05) is 26.7 Å². The summed E-state index contributed by atoms with van der Waals surface area (Å²) in [6.07, 6.45) is 2.76. The van der Waals surface area contributed by atoms with Crippen LogP contribution < -0.4 is 0 Å². The molecular weight excluding hydrogens is 406 g/mol. The predicted octanol–water partition coefficient (Wildman–Crippen LogP) is 2.24. The van der Waals surface area contributed by atoms with Crippen LogP contribution in [0.3, 0.4) is 0 Å². The fourth-order valence-corrected chi connectivity index (χ4v) is 4.20. The molecule has 0 unspecified atom stereocenters. The number of aromatic nitrogens is 3. The fraction of sp³-hybridized carbons (Fsp3) is 0.625. The second-order valence-electron chi connectivity index (χ2n) is 9.08. The van der Waals surface area contributed by atoms with Gasteiger partial charge in [0.1, 0.15) is 0 Å². The second kappa shape index (κ2) is 11.5. The van der Waals surface area contributed by atoms with Crippen molar-refractivity contribution in [1.29, 1.82) is 0 Å². The lowest BCUT2D eigenvalue weighted by Crippen LogP contribution is -2.47. The summed E-state index contributed by atoms with van der Waals surface area (Å²) in [7, 11) is 2.10. The predicted molar refractivity (Wildman–Crippen MR) is 123 cm³/mol. The molecule has 3 atom stereocenters. The minimum absolute atomic E-state index is 0.0512. The molecule has 8 heteroatoms. The molecule has 1 aliphatic heterocycles. The summed E-state index contributed by atoms with van der Waals surface area (Å²) in [5.74, 6) is 0.156. The van der Waals surface area contributed by atoms with Crippen LogP contribution in [-0.4, -0.2) is 74.7 Å². The Morgan fingerprint density at radius 2 is 2.12 bits per heavy atom. The van der Waals surface area contributed by atoms with Crippen molar-refractivity contribution in [3.05, 3.63) is 47.3 Å². The van der Waals surface area contributed by atoms with Crippen LogP contribution in [0, 0.1) is 12.8 Å². The Morgan fingerprint density at radius 3 is 2.88 bits per heavy atom. The molecule has 0 saturated carbocycles. The Bertz CT molecular complexity index is 871. The van der Waals surface area contributed by atoms with E-state index >= 15 is 0 Å². The van der Waals surface area contributed by atoms with Crippen molar-refractivity contribution >= 4 is 5.91 Å². The van der Waals surface area contributed by atoms with E-state index in [0.29, 0.717) is 32.5 Å². The summed E-state index contributed by atoms with van der Waals surface area (Å²) in [4.78, 5) is 17.0. The summed E-state index contributed by atoms with van der Waals surface area (Å²) < 4.78 is 8.23. The van der Waals surface area contributed by atoms with Crippen LogP contribution in [-0.2, 0) is 29.2 Å². The van der Waals surface area contributed by atoms with Gasteiger partial charge in [-0.05, 0) is 38.4 Å². The lowest BCUT2D eigenvalue weighted by atomic mass is 10.0. The number of ether oxygens (including phenoxy) is 1. The molecule has 0 spiro atoms. The van der Waals surface area contributed by atoms with Gasteiger partial charge in [0.2, 0.25) is 5.91 Å². The lowest BCUT2D eigenvalue weighted by Gasteiger charge is -2.35. The Morgan fingerprint density at radius 1 is 1.34 bits per heavy atom. The van der Waals surface area contributed by atoms with Gasteiger partial charge >= 0.3 is 0 Å². The number of likely N-dealkylation sites (N-methyl/N-ethyl adjacent to an activating group) is 1. The SMILES string of the molecule is Cc1ccccc1CN(C)C[C@H]1OCc2cnnn2CCCC(=O)N([C@@H](C)CO)C[C@@H]1C. The highest BCUT2D eigenvalue weighted by Crippen LogP contribution is 2.19. The minimum Gasteiger partial charge on any atom is -0.394 e. The van der Waals surface area contributed by atoms with Gasteiger partial charge in [0.25, 0.3) is 0 Å². The molecule has 2 aromatic rings. The zero-order valence-electron chi connectivity index (χ0n) is 19.8. The molecule has 8 nitrogen and oxygen atoms in total. The van der Waals surface area contributed by atoms with Crippen molar-refractivity contribution in [3.63, 3.8) is 0 Å². The molecule has 1 aromatic heterocycles. The maximum absolute atomic E-state index is 13.0.